The second-order valence-electron chi connectivity index (χ2n) is 5.59. The van der Waals surface area contributed by atoms with Crippen LogP contribution in [-0.2, 0) is 4.74 Å². The summed E-state index contributed by atoms with van der Waals surface area (Å²) in [7, 11) is 0. The van der Waals surface area contributed by atoms with Crippen LogP contribution in [0.2, 0.25) is 0 Å². The van der Waals surface area contributed by atoms with Crippen molar-refractivity contribution in [1.29, 1.82) is 0 Å². The molecular weight excluding hydrogens is 294 g/mol. The van der Waals surface area contributed by atoms with E-state index in [-0.39, 0.29) is 17.9 Å². The second-order valence-corrected chi connectivity index (χ2v) is 5.59. The number of aliphatic hydroxyl groups is 2. The van der Waals surface area contributed by atoms with Crippen LogP contribution in [0.5, 0.6) is 0 Å². The van der Waals surface area contributed by atoms with Gasteiger partial charge in [-0.15, -0.1) is 0 Å². The number of alkyl carbamates (subject to hydrolysis) is 1. The molecule has 1 heterocycles. The van der Waals surface area contributed by atoms with Gasteiger partial charge in [-0.2, -0.15) is 0 Å². The van der Waals surface area contributed by atoms with Crippen molar-refractivity contribution in [3.05, 3.63) is 34.1 Å². The quantitative estimate of drug-likeness (QED) is 0.543. The summed E-state index contributed by atoms with van der Waals surface area (Å²) < 4.78 is 4.98. The highest BCUT2D eigenvalue weighted by Crippen LogP contribution is 2.17. The molecule has 0 aliphatic rings. The number of hydrogen-bond donors (Lipinski definition) is 3. The van der Waals surface area contributed by atoms with Crippen molar-refractivity contribution in [2.45, 2.75) is 38.6 Å². The number of pyridine rings is 1. The molecule has 0 saturated heterocycles. The molecule has 2 unspecified atom stereocenters. The van der Waals surface area contributed by atoms with Gasteiger partial charge in [0, 0.05) is 12.6 Å². The summed E-state index contributed by atoms with van der Waals surface area (Å²) in [4.78, 5) is 25.0. The van der Waals surface area contributed by atoms with Crippen molar-refractivity contribution in [3.8, 4) is 0 Å². The van der Waals surface area contributed by atoms with E-state index in [4.69, 9.17) is 4.74 Å². The van der Waals surface area contributed by atoms with E-state index in [9.17, 15) is 25.1 Å². The number of amides is 1. The van der Waals surface area contributed by atoms with E-state index < -0.39 is 28.8 Å². The maximum atomic E-state index is 11.4. The molecule has 3 N–H and O–H groups in total. The van der Waals surface area contributed by atoms with Gasteiger partial charge in [-0.3, -0.25) is 15.1 Å². The first-order valence-electron chi connectivity index (χ1n) is 6.53. The normalized spacial score (nSPS) is 14.0. The molecule has 1 aromatic rings. The fraction of sp³-hybridized carbons (Fsp3) is 0.538. The Morgan fingerprint density at radius 2 is 2.09 bits per heavy atom. The van der Waals surface area contributed by atoms with Crippen molar-refractivity contribution in [2.75, 3.05) is 6.54 Å². The van der Waals surface area contributed by atoms with E-state index in [0.29, 0.717) is 0 Å². The van der Waals surface area contributed by atoms with Crippen molar-refractivity contribution in [1.82, 2.24) is 10.3 Å². The molecule has 1 amide bonds. The Hall–Kier alpha value is -2.26. The van der Waals surface area contributed by atoms with Crippen LogP contribution in [0, 0.1) is 10.1 Å². The van der Waals surface area contributed by atoms with Crippen LogP contribution in [-0.4, -0.2) is 44.5 Å². The zero-order valence-corrected chi connectivity index (χ0v) is 12.5. The van der Waals surface area contributed by atoms with Gasteiger partial charge in [0.25, 0.3) is 5.69 Å². The molecule has 0 spiro atoms. The monoisotopic (exact) mass is 313 g/mol. The lowest BCUT2D eigenvalue weighted by molar-refractivity contribution is -0.385. The number of aromatic nitrogens is 1. The lowest BCUT2D eigenvalue weighted by atomic mass is 10.1. The van der Waals surface area contributed by atoms with Gasteiger partial charge in [0.05, 0.1) is 10.6 Å². The van der Waals surface area contributed by atoms with Gasteiger partial charge in [-0.05, 0) is 26.8 Å². The lowest BCUT2D eigenvalue weighted by Gasteiger charge is -2.22. The SMILES string of the molecule is CC(C)(C)OC(=O)NCC(O)C(O)c1ccc([N+](=O)[O-])cn1. The smallest absolute Gasteiger partial charge is 0.407 e. The highest BCUT2D eigenvalue weighted by Gasteiger charge is 2.22. The maximum Gasteiger partial charge on any atom is 0.407 e. The summed E-state index contributed by atoms with van der Waals surface area (Å²) in [6, 6.07) is 2.40. The molecule has 0 fully saturated rings. The summed E-state index contributed by atoms with van der Waals surface area (Å²) in [5.41, 5.74) is -0.838. The Balaban J connectivity index is 2.56. The minimum absolute atomic E-state index is 0.0593. The van der Waals surface area contributed by atoms with Crippen molar-refractivity contribution < 1.29 is 24.7 Å². The number of nitrogens with zero attached hydrogens (tertiary/aromatic N) is 2. The number of carbonyl (C=O) groups excluding carboxylic acids is 1. The van der Waals surface area contributed by atoms with Gasteiger partial charge in [0.15, 0.2) is 0 Å². The molecule has 0 saturated carbocycles. The largest absolute Gasteiger partial charge is 0.444 e. The maximum absolute atomic E-state index is 11.4. The fourth-order valence-corrected chi connectivity index (χ4v) is 1.49. The molecule has 1 rings (SSSR count). The first-order valence-corrected chi connectivity index (χ1v) is 6.53. The predicted octanol–water partition coefficient (Wildman–Crippen LogP) is 0.909. The number of ether oxygens (including phenoxy) is 1. The minimum atomic E-state index is -1.39. The van der Waals surface area contributed by atoms with Gasteiger partial charge in [-0.25, -0.2) is 4.79 Å². The standard InChI is InChI=1S/C13H19N3O6/c1-13(2,3)22-12(19)15-7-10(17)11(18)9-5-4-8(6-14-9)16(20)21/h4-6,10-11,17-18H,7H2,1-3H3,(H,15,19). The van der Waals surface area contributed by atoms with Gasteiger partial charge in [0.1, 0.15) is 24.0 Å². The van der Waals surface area contributed by atoms with Crippen molar-refractivity contribution in [2.24, 2.45) is 0 Å². The van der Waals surface area contributed by atoms with E-state index in [0.717, 1.165) is 6.20 Å². The number of nitrogens with one attached hydrogen (secondary N) is 1. The van der Waals surface area contributed by atoms with Crippen LogP contribution in [0.3, 0.4) is 0 Å². The molecule has 0 radical (unpaired) electrons. The van der Waals surface area contributed by atoms with Gasteiger partial charge in [0.2, 0.25) is 0 Å². The Morgan fingerprint density at radius 3 is 2.55 bits per heavy atom. The topological polar surface area (TPSA) is 135 Å². The Kier molecular flexibility index (Phi) is 5.77. The third-order valence-corrected chi connectivity index (χ3v) is 2.50. The molecule has 9 heteroatoms. The lowest BCUT2D eigenvalue weighted by Crippen LogP contribution is -2.39. The fourth-order valence-electron chi connectivity index (χ4n) is 1.49. The van der Waals surface area contributed by atoms with E-state index in [2.05, 4.69) is 10.3 Å². The number of hydrogen-bond acceptors (Lipinski definition) is 7. The second kappa shape index (κ2) is 7.14. The molecule has 0 aliphatic heterocycles. The van der Waals surface area contributed by atoms with Gasteiger partial charge in [-0.1, -0.05) is 0 Å². The molecule has 122 valence electrons. The van der Waals surface area contributed by atoms with Crippen LogP contribution in [0.15, 0.2) is 18.3 Å². The van der Waals surface area contributed by atoms with Crippen LogP contribution in [0.25, 0.3) is 0 Å². The van der Waals surface area contributed by atoms with Gasteiger partial charge < -0.3 is 20.3 Å². The molecule has 2 atom stereocenters. The summed E-state index contributed by atoms with van der Waals surface area (Å²) >= 11 is 0. The third kappa shape index (κ3) is 5.62. The Labute approximate surface area is 127 Å². The molecule has 0 aliphatic carbocycles. The van der Waals surface area contributed by atoms with Crippen LogP contribution in [0.1, 0.15) is 32.6 Å². The molecular formula is C13H19N3O6. The summed E-state index contributed by atoms with van der Waals surface area (Å²) in [5.74, 6) is 0. The summed E-state index contributed by atoms with van der Waals surface area (Å²) in [5, 5.41) is 32.5. The van der Waals surface area contributed by atoms with Crippen molar-refractivity contribution >= 4 is 11.8 Å². The van der Waals surface area contributed by atoms with E-state index >= 15 is 0 Å². The Morgan fingerprint density at radius 1 is 1.45 bits per heavy atom. The van der Waals surface area contributed by atoms with Crippen molar-refractivity contribution in [3.63, 3.8) is 0 Å². The highest BCUT2D eigenvalue weighted by atomic mass is 16.6. The predicted molar refractivity (Wildman–Crippen MR) is 76.1 cm³/mol. The summed E-state index contributed by atoms with van der Waals surface area (Å²) in [6.45, 7) is 4.82. The van der Waals surface area contributed by atoms with Crippen LogP contribution in [0.4, 0.5) is 10.5 Å². The first-order chi connectivity index (χ1) is 10.1. The number of aliphatic hydroxyl groups excluding tert-OH is 2. The third-order valence-electron chi connectivity index (χ3n) is 2.50. The Bertz CT molecular complexity index is 526. The number of carbonyl (C=O) groups is 1. The first kappa shape index (κ1) is 17.8. The average Bonchev–Trinajstić information content (AvgIpc) is 2.42. The highest BCUT2D eigenvalue weighted by molar-refractivity contribution is 5.67. The molecule has 0 bridgehead atoms. The average molecular weight is 313 g/mol. The molecule has 9 nitrogen and oxygen atoms in total. The van der Waals surface area contributed by atoms with E-state index in [1.807, 2.05) is 0 Å². The van der Waals surface area contributed by atoms with E-state index in [1.165, 1.54) is 12.1 Å². The molecule has 22 heavy (non-hydrogen) atoms. The van der Waals surface area contributed by atoms with Crippen LogP contribution >= 0.6 is 0 Å². The zero-order chi connectivity index (χ0) is 16.9. The number of rotatable bonds is 5. The van der Waals surface area contributed by atoms with E-state index in [1.54, 1.807) is 20.8 Å². The molecule has 0 aromatic carbocycles. The zero-order valence-electron chi connectivity index (χ0n) is 12.5. The summed E-state index contributed by atoms with van der Waals surface area (Å²) in [6.07, 6.45) is -2.47. The number of nitro groups is 1. The van der Waals surface area contributed by atoms with Gasteiger partial charge >= 0.3 is 6.09 Å². The molecule has 1 aromatic heterocycles. The van der Waals surface area contributed by atoms with Crippen LogP contribution < -0.4 is 5.32 Å². The minimum Gasteiger partial charge on any atom is -0.444 e.